The number of allylic oxidation sites excluding steroid dienone is 1. The maximum absolute atomic E-state index is 4.19. The second-order valence-corrected chi connectivity index (χ2v) is 3.92. The average molecular weight is 182 g/mol. The third-order valence-corrected chi connectivity index (χ3v) is 1.93. The molecule has 0 spiro atoms. The highest BCUT2D eigenvalue weighted by Gasteiger charge is 1.93. The first-order valence-electron chi connectivity index (χ1n) is 4.97. The third kappa shape index (κ3) is 7.57. The van der Waals surface area contributed by atoms with Gasteiger partial charge in [-0.2, -0.15) is 5.10 Å². The highest BCUT2D eigenvalue weighted by molar-refractivity contribution is 5.96. The van der Waals surface area contributed by atoms with Crippen molar-refractivity contribution in [2.75, 3.05) is 6.54 Å². The van der Waals surface area contributed by atoms with Crippen LogP contribution in [0.2, 0.25) is 0 Å². The summed E-state index contributed by atoms with van der Waals surface area (Å²) in [5.41, 5.74) is 5.06. The van der Waals surface area contributed by atoms with E-state index in [-0.39, 0.29) is 0 Å². The van der Waals surface area contributed by atoms with Crippen molar-refractivity contribution in [3.8, 4) is 0 Å². The smallest absolute Gasteiger partial charge is 0.0595 e. The Kier molecular flexibility index (Phi) is 6.29. The van der Waals surface area contributed by atoms with Crippen molar-refractivity contribution in [2.24, 2.45) is 11.0 Å². The maximum Gasteiger partial charge on any atom is 0.0595 e. The zero-order valence-corrected chi connectivity index (χ0v) is 9.35. The molecular formula is C11H22N2. The van der Waals surface area contributed by atoms with Gasteiger partial charge in [-0.3, -0.25) is 0 Å². The van der Waals surface area contributed by atoms with Gasteiger partial charge in [0.25, 0.3) is 0 Å². The molecule has 0 saturated carbocycles. The second-order valence-electron chi connectivity index (χ2n) is 3.92. The van der Waals surface area contributed by atoms with Crippen molar-refractivity contribution in [1.82, 2.24) is 5.43 Å². The Morgan fingerprint density at radius 1 is 1.38 bits per heavy atom. The monoisotopic (exact) mass is 182 g/mol. The molecule has 0 amide bonds. The topological polar surface area (TPSA) is 24.4 Å². The van der Waals surface area contributed by atoms with E-state index >= 15 is 0 Å². The van der Waals surface area contributed by atoms with Gasteiger partial charge in [0.05, 0.1) is 5.71 Å². The lowest BCUT2D eigenvalue weighted by Crippen LogP contribution is -2.11. The molecule has 0 fully saturated rings. The van der Waals surface area contributed by atoms with Crippen molar-refractivity contribution in [1.29, 1.82) is 0 Å². The van der Waals surface area contributed by atoms with E-state index in [0.717, 1.165) is 23.7 Å². The molecule has 0 atom stereocenters. The second kappa shape index (κ2) is 6.70. The van der Waals surface area contributed by atoms with Gasteiger partial charge in [0.15, 0.2) is 0 Å². The minimum atomic E-state index is 0.785. The molecule has 76 valence electrons. The van der Waals surface area contributed by atoms with Gasteiger partial charge < -0.3 is 5.43 Å². The molecule has 2 heteroatoms. The Morgan fingerprint density at radius 2 is 2.00 bits per heavy atom. The number of nitrogens with one attached hydrogen (secondary N) is 1. The molecule has 0 rings (SSSR count). The van der Waals surface area contributed by atoms with Crippen LogP contribution in [0.3, 0.4) is 0 Å². The summed E-state index contributed by atoms with van der Waals surface area (Å²) in [5.74, 6) is 0.785. The molecule has 0 aliphatic heterocycles. The van der Waals surface area contributed by atoms with Crippen LogP contribution in [0, 0.1) is 5.92 Å². The lowest BCUT2D eigenvalue weighted by atomic mass is 10.1. The van der Waals surface area contributed by atoms with Gasteiger partial charge in [-0.15, -0.1) is 0 Å². The van der Waals surface area contributed by atoms with Gasteiger partial charge in [0, 0.05) is 6.54 Å². The Morgan fingerprint density at radius 3 is 2.46 bits per heavy atom. The zero-order chi connectivity index (χ0) is 10.3. The molecule has 0 radical (unpaired) electrons. The van der Waals surface area contributed by atoms with E-state index in [1.165, 1.54) is 12.8 Å². The van der Waals surface area contributed by atoms with Crippen molar-refractivity contribution < 1.29 is 0 Å². The predicted octanol–water partition coefficient (Wildman–Crippen LogP) is 2.96. The molecule has 0 aliphatic carbocycles. The van der Waals surface area contributed by atoms with E-state index in [9.17, 15) is 0 Å². The fourth-order valence-corrected chi connectivity index (χ4v) is 0.859. The van der Waals surface area contributed by atoms with E-state index in [1.807, 2.05) is 13.8 Å². The van der Waals surface area contributed by atoms with Crippen LogP contribution in [0.4, 0.5) is 0 Å². The van der Waals surface area contributed by atoms with E-state index in [4.69, 9.17) is 0 Å². The highest BCUT2D eigenvalue weighted by Crippen LogP contribution is 2.01. The molecule has 13 heavy (non-hydrogen) atoms. The minimum absolute atomic E-state index is 0.785. The van der Waals surface area contributed by atoms with Gasteiger partial charge in [-0.25, -0.2) is 0 Å². The molecule has 0 aliphatic rings. The maximum atomic E-state index is 4.19. The Hall–Kier alpha value is -0.790. The first-order valence-corrected chi connectivity index (χ1v) is 4.97. The molecule has 0 unspecified atom stereocenters. The highest BCUT2D eigenvalue weighted by atomic mass is 15.3. The van der Waals surface area contributed by atoms with Crippen LogP contribution >= 0.6 is 0 Å². The quantitative estimate of drug-likeness (QED) is 0.381. The lowest BCUT2D eigenvalue weighted by Gasteiger charge is -2.04. The summed E-state index contributed by atoms with van der Waals surface area (Å²) in [6, 6.07) is 0. The van der Waals surface area contributed by atoms with Crippen LogP contribution in [-0.2, 0) is 0 Å². The van der Waals surface area contributed by atoms with Gasteiger partial charge in [-0.05, 0) is 38.2 Å². The van der Waals surface area contributed by atoms with E-state index in [2.05, 4.69) is 31.0 Å². The standard InChI is InChI=1S/C11H22N2/c1-9(2)7-6-8-12-13-11(5)10(3)4/h9,12H,3,6-8H2,1-2,4-5H3. The van der Waals surface area contributed by atoms with Crippen molar-refractivity contribution in [3.63, 3.8) is 0 Å². The molecule has 0 aromatic heterocycles. The Balaban J connectivity index is 3.45. The summed E-state index contributed by atoms with van der Waals surface area (Å²) >= 11 is 0. The largest absolute Gasteiger partial charge is 0.310 e. The Bertz CT molecular complexity index is 181. The number of hydrazone groups is 1. The van der Waals surface area contributed by atoms with Crippen LogP contribution < -0.4 is 5.43 Å². The fraction of sp³-hybridized carbons (Fsp3) is 0.727. The van der Waals surface area contributed by atoms with Gasteiger partial charge >= 0.3 is 0 Å². The number of rotatable bonds is 6. The molecule has 0 aromatic rings. The van der Waals surface area contributed by atoms with Crippen LogP contribution in [0.1, 0.15) is 40.5 Å². The van der Waals surface area contributed by atoms with E-state index in [0.29, 0.717) is 0 Å². The van der Waals surface area contributed by atoms with Crippen molar-refractivity contribution >= 4 is 5.71 Å². The van der Waals surface area contributed by atoms with Crippen LogP contribution in [0.5, 0.6) is 0 Å². The molecule has 0 saturated heterocycles. The van der Waals surface area contributed by atoms with Gasteiger partial charge in [-0.1, -0.05) is 20.4 Å². The summed E-state index contributed by atoms with van der Waals surface area (Å²) in [4.78, 5) is 0. The van der Waals surface area contributed by atoms with Crippen LogP contribution in [0.25, 0.3) is 0 Å². The van der Waals surface area contributed by atoms with Crippen molar-refractivity contribution in [2.45, 2.75) is 40.5 Å². The first-order chi connectivity index (χ1) is 6.04. The van der Waals surface area contributed by atoms with Crippen molar-refractivity contribution in [3.05, 3.63) is 12.2 Å². The fourth-order valence-electron chi connectivity index (χ4n) is 0.859. The molecule has 0 bridgehead atoms. The molecule has 2 nitrogen and oxygen atoms in total. The minimum Gasteiger partial charge on any atom is -0.310 e. The first kappa shape index (κ1) is 12.2. The summed E-state index contributed by atoms with van der Waals surface area (Å²) < 4.78 is 0. The van der Waals surface area contributed by atoms with E-state index < -0.39 is 0 Å². The van der Waals surface area contributed by atoms with Gasteiger partial charge in [0.2, 0.25) is 0 Å². The molecule has 0 aromatic carbocycles. The average Bonchev–Trinajstić information content (AvgIpc) is 2.02. The molecule has 1 N–H and O–H groups in total. The van der Waals surface area contributed by atoms with E-state index in [1.54, 1.807) is 0 Å². The molecule has 0 heterocycles. The van der Waals surface area contributed by atoms with Crippen LogP contribution in [0.15, 0.2) is 17.3 Å². The molecular weight excluding hydrogens is 160 g/mol. The lowest BCUT2D eigenvalue weighted by molar-refractivity contribution is 0.534. The number of hydrogen-bond donors (Lipinski definition) is 1. The van der Waals surface area contributed by atoms with Gasteiger partial charge in [0.1, 0.15) is 0 Å². The summed E-state index contributed by atoms with van der Waals surface area (Å²) in [5, 5.41) is 4.19. The third-order valence-electron chi connectivity index (χ3n) is 1.93. The SMILES string of the molecule is C=C(C)C(C)=NNCCCC(C)C. The van der Waals surface area contributed by atoms with Crippen LogP contribution in [-0.4, -0.2) is 12.3 Å². The normalized spacial score (nSPS) is 11.9. The Labute approximate surface area is 82.1 Å². The summed E-state index contributed by atoms with van der Waals surface area (Å²) in [6.07, 6.45) is 2.44. The zero-order valence-electron chi connectivity index (χ0n) is 9.35. The summed E-state index contributed by atoms with van der Waals surface area (Å²) in [6.45, 7) is 13.2. The summed E-state index contributed by atoms with van der Waals surface area (Å²) in [7, 11) is 0. The number of hydrogen-bond acceptors (Lipinski definition) is 2. The predicted molar refractivity (Wildman–Crippen MR) is 60.0 cm³/mol. The number of nitrogens with zero attached hydrogens (tertiary/aromatic N) is 1.